The maximum absolute atomic E-state index is 2.50. The molecule has 0 radical (unpaired) electrons. The van der Waals surface area contributed by atoms with Crippen molar-refractivity contribution in [1.82, 2.24) is 9.13 Å². The first-order valence-electron chi connectivity index (χ1n) is 16.0. The Labute approximate surface area is 265 Å². The number of hydrogen-bond donors (Lipinski definition) is 0. The molecule has 2 heteroatoms. The predicted octanol–water partition coefficient (Wildman–Crippen LogP) is 11.8. The zero-order valence-corrected chi connectivity index (χ0v) is 24.9. The molecule has 46 heavy (non-hydrogen) atoms. The summed E-state index contributed by atoms with van der Waals surface area (Å²) >= 11 is 0. The molecule has 0 amide bonds. The highest BCUT2D eigenvalue weighted by Crippen LogP contribution is 2.51. The van der Waals surface area contributed by atoms with Gasteiger partial charge < -0.3 is 9.13 Å². The van der Waals surface area contributed by atoms with Crippen molar-refractivity contribution in [3.8, 4) is 33.6 Å². The Hall–Kier alpha value is -6.12. The molecule has 0 atom stereocenters. The molecule has 0 spiro atoms. The largest absolute Gasteiger partial charge is 0.309 e. The van der Waals surface area contributed by atoms with E-state index in [1.165, 1.54) is 87.4 Å². The average molecular weight is 583 g/mol. The zero-order valence-electron chi connectivity index (χ0n) is 24.9. The second kappa shape index (κ2) is 8.74. The lowest BCUT2D eigenvalue weighted by molar-refractivity contribution is 1.13. The minimum atomic E-state index is 1.16. The third-order valence-electron chi connectivity index (χ3n) is 10.2. The van der Waals surface area contributed by atoms with Crippen LogP contribution in [0.4, 0.5) is 0 Å². The fraction of sp³-hybridized carbons (Fsp3) is 0. The van der Waals surface area contributed by atoms with Crippen LogP contribution in [0.3, 0.4) is 0 Å². The number of benzene rings is 8. The van der Waals surface area contributed by atoms with Crippen LogP contribution in [0.15, 0.2) is 158 Å². The molecule has 2 nitrogen and oxygen atoms in total. The number of rotatable bonds is 2. The highest BCUT2D eigenvalue weighted by atomic mass is 15.0. The van der Waals surface area contributed by atoms with Crippen molar-refractivity contribution in [2.24, 2.45) is 0 Å². The van der Waals surface area contributed by atoms with Crippen LogP contribution in [-0.4, -0.2) is 9.13 Å². The SMILES string of the molecule is c1cc(-n2c3ccccc3c3ccccc32)cc(-n2c3ccc4ccccc4c3c3c4cccc5c4c(cc32)-c2ccccc2-5)c1. The van der Waals surface area contributed by atoms with Gasteiger partial charge in [0.05, 0.1) is 22.1 Å². The van der Waals surface area contributed by atoms with Gasteiger partial charge in [0.25, 0.3) is 0 Å². The average Bonchev–Trinajstić information content (AvgIpc) is 3.75. The Morgan fingerprint density at radius 3 is 1.59 bits per heavy atom. The Kier molecular flexibility index (Phi) is 4.61. The van der Waals surface area contributed by atoms with Crippen LogP contribution < -0.4 is 0 Å². The van der Waals surface area contributed by atoms with Gasteiger partial charge in [-0.1, -0.05) is 115 Å². The molecule has 10 aromatic rings. The smallest absolute Gasteiger partial charge is 0.0553 e. The van der Waals surface area contributed by atoms with E-state index in [4.69, 9.17) is 0 Å². The highest BCUT2D eigenvalue weighted by Gasteiger charge is 2.26. The van der Waals surface area contributed by atoms with Crippen molar-refractivity contribution in [3.63, 3.8) is 0 Å². The lowest BCUT2D eigenvalue weighted by Gasteiger charge is -2.13. The molecular formula is C44H26N2. The lowest BCUT2D eigenvalue weighted by atomic mass is 9.96. The van der Waals surface area contributed by atoms with Crippen LogP contribution in [0.5, 0.6) is 0 Å². The Morgan fingerprint density at radius 1 is 0.283 bits per heavy atom. The van der Waals surface area contributed by atoms with E-state index < -0.39 is 0 Å². The number of hydrogen-bond acceptors (Lipinski definition) is 0. The zero-order chi connectivity index (χ0) is 29.9. The molecule has 0 bridgehead atoms. The van der Waals surface area contributed by atoms with Crippen molar-refractivity contribution < 1.29 is 0 Å². The van der Waals surface area contributed by atoms with Gasteiger partial charge in [0.2, 0.25) is 0 Å². The minimum Gasteiger partial charge on any atom is -0.309 e. The predicted molar refractivity (Wildman–Crippen MR) is 195 cm³/mol. The molecule has 2 aromatic heterocycles. The maximum Gasteiger partial charge on any atom is 0.0553 e. The molecule has 11 rings (SSSR count). The molecule has 0 unspecified atom stereocenters. The van der Waals surface area contributed by atoms with Crippen molar-refractivity contribution in [2.45, 2.75) is 0 Å². The quantitative estimate of drug-likeness (QED) is 0.192. The van der Waals surface area contributed by atoms with Crippen LogP contribution >= 0.6 is 0 Å². The molecule has 0 fully saturated rings. The van der Waals surface area contributed by atoms with E-state index >= 15 is 0 Å². The van der Waals surface area contributed by atoms with Gasteiger partial charge in [-0.2, -0.15) is 0 Å². The Morgan fingerprint density at radius 2 is 0.826 bits per heavy atom. The normalized spacial score (nSPS) is 12.3. The standard InChI is InChI=1S/C44H26N2/c1-2-14-30-27(11-1)23-24-40-43(30)44-36-20-10-19-35-31-15-3-4-16-32(31)37(42(35)36)26-41(44)46(40)29-13-9-12-28(25-29)45-38-21-7-5-17-33(38)34-18-6-8-22-39(34)45/h1-26H. The van der Waals surface area contributed by atoms with Gasteiger partial charge in [-0.05, 0) is 86.3 Å². The van der Waals surface area contributed by atoms with Gasteiger partial charge in [-0.3, -0.25) is 0 Å². The second-order valence-electron chi connectivity index (χ2n) is 12.5. The summed E-state index contributed by atoms with van der Waals surface area (Å²) in [5.41, 5.74) is 12.5. The van der Waals surface area contributed by atoms with Crippen LogP contribution in [-0.2, 0) is 0 Å². The van der Waals surface area contributed by atoms with Crippen LogP contribution in [0, 0.1) is 0 Å². The monoisotopic (exact) mass is 582 g/mol. The van der Waals surface area contributed by atoms with E-state index in [9.17, 15) is 0 Å². The van der Waals surface area contributed by atoms with E-state index in [-0.39, 0.29) is 0 Å². The summed E-state index contributed by atoms with van der Waals surface area (Å²) in [6.07, 6.45) is 0. The summed E-state index contributed by atoms with van der Waals surface area (Å²) in [4.78, 5) is 0. The lowest BCUT2D eigenvalue weighted by Crippen LogP contribution is -1.98. The Balaban J connectivity index is 1.30. The van der Waals surface area contributed by atoms with E-state index in [2.05, 4.69) is 167 Å². The van der Waals surface area contributed by atoms with E-state index in [1.807, 2.05) is 0 Å². The first-order valence-corrected chi connectivity index (χ1v) is 16.0. The Bertz CT molecular complexity index is 2860. The van der Waals surface area contributed by atoms with Gasteiger partial charge >= 0.3 is 0 Å². The maximum atomic E-state index is 2.50. The third kappa shape index (κ3) is 3.01. The van der Waals surface area contributed by atoms with Gasteiger partial charge in [-0.15, -0.1) is 0 Å². The summed E-state index contributed by atoms with van der Waals surface area (Å²) in [5, 5.41) is 10.4. The number of fused-ring (bicyclic) bond motifs is 12. The molecule has 8 aromatic carbocycles. The topological polar surface area (TPSA) is 9.86 Å². The molecular weight excluding hydrogens is 556 g/mol. The summed E-state index contributed by atoms with van der Waals surface area (Å²) in [6, 6.07) is 58.2. The molecule has 0 saturated carbocycles. The summed E-state index contributed by atoms with van der Waals surface area (Å²) in [5.74, 6) is 0. The van der Waals surface area contributed by atoms with Crippen molar-refractivity contribution in [2.75, 3.05) is 0 Å². The summed E-state index contributed by atoms with van der Waals surface area (Å²) in [7, 11) is 0. The van der Waals surface area contributed by atoms with Crippen molar-refractivity contribution in [3.05, 3.63) is 158 Å². The fourth-order valence-electron chi connectivity index (χ4n) is 8.39. The van der Waals surface area contributed by atoms with Crippen LogP contribution in [0.25, 0.3) is 98.8 Å². The molecule has 0 N–H and O–H groups in total. The highest BCUT2D eigenvalue weighted by molar-refractivity contribution is 6.33. The molecule has 1 aliphatic rings. The minimum absolute atomic E-state index is 1.16. The first-order chi connectivity index (χ1) is 22.8. The van der Waals surface area contributed by atoms with E-state index in [0.29, 0.717) is 0 Å². The van der Waals surface area contributed by atoms with Crippen molar-refractivity contribution in [1.29, 1.82) is 0 Å². The van der Waals surface area contributed by atoms with Gasteiger partial charge in [-0.25, -0.2) is 0 Å². The third-order valence-corrected chi connectivity index (χ3v) is 10.2. The first kappa shape index (κ1) is 24.2. The molecule has 0 saturated heterocycles. The second-order valence-corrected chi connectivity index (χ2v) is 12.5. The molecule has 212 valence electrons. The number of aromatic nitrogens is 2. The molecule has 2 heterocycles. The number of nitrogens with zero attached hydrogens (tertiary/aromatic N) is 2. The van der Waals surface area contributed by atoms with Gasteiger partial charge in [0.1, 0.15) is 0 Å². The van der Waals surface area contributed by atoms with Crippen LogP contribution in [0.1, 0.15) is 0 Å². The van der Waals surface area contributed by atoms with E-state index in [0.717, 1.165) is 11.4 Å². The molecule has 0 aliphatic heterocycles. The summed E-state index contributed by atoms with van der Waals surface area (Å²) < 4.78 is 4.91. The van der Waals surface area contributed by atoms with Crippen LogP contribution in [0.2, 0.25) is 0 Å². The number of para-hydroxylation sites is 2. The van der Waals surface area contributed by atoms with Gasteiger partial charge in [0.15, 0.2) is 0 Å². The van der Waals surface area contributed by atoms with Gasteiger partial charge in [0, 0.05) is 32.9 Å². The molecule has 1 aliphatic carbocycles. The summed E-state index contributed by atoms with van der Waals surface area (Å²) in [6.45, 7) is 0. The fourth-order valence-corrected chi connectivity index (χ4v) is 8.39. The van der Waals surface area contributed by atoms with Crippen molar-refractivity contribution >= 4 is 65.2 Å². The van der Waals surface area contributed by atoms with E-state index in [1.54, 1.807) is 0 Å².